The second kappa shape index (κ2) is 7.17. The third-order valence-corrected chi connectivity index (χ3v) is 4.72. The number of anilines is 1. The van der Waals surface area contributed by atoms with Gasteiger partial charge in [0.1, 0.15) is 0 Å². The highest BCUT2D eigenvalue weighted by Gasteiger charge is 2.14. The lowest BCUT2D eigenvalue weighted by Crippen LogP contribution is -2.32. The molecule has 0 aliphatic carbocycles. The first kappa shape index (κ1) is 14.7. The van der Waals surface area contributed by atoms with E-state index in [1.165, 1.54) is 42.1 Å². The van der Waals surface area contributed by atoms with E-state index in [2.05, 4.69) is 41.3 Å². The number of hydrogen-bond acceptors (Lipinski definition) is 4. The smallest absolute Gasteiger partial charge is 0.0420 e. The maximum atomic E-state index is 5.93. The Labute approximate surface area is 121 Å². The molecule has 2 rings (SSSR count). The van der Waals surface area contributed by atoms with E-state index >= 15 is 0 Å². The van der Waals surface area contributed by atoms with Gasteiger partial charge in [0, 0.05) is 42.8 Å². The zero-order chi connectivity index (χ0) is 13.7. The van der Waals surface area contributed by atoms with Crippen molar-refractivity contribution in [2.24, 2.45) is 5.73 Å². The number of likely N-dealkylation sites (N-methyl/N-ethyl adjacent to an activating group) is 1. The van der Waals surface area contributed by atoms with Crippen LogP contribution < -0.4 is 10.6 Å². The Bertz CT molecular complexity index is 402. The van der Waals surface area contributed by atoms with Crippen LogP contribution in [0.3, 0.4) is 0 Å². The van der Waals surface area contributed by atoms with Crippen LogP contribution in [0.25, 0.3) is 0 Å². The molecule has 0 spiro atoms. The molecule has 1 aliphatic rings. The first-order chi connectivity index (χ1) is 9.26. The van der Waals surface area contributed by atoms with E-state index in [0.717, 1.165) is 13.1 Å². The molecule has 0 saturated carbocycles. The van der Waals surface area contributed by atoms with Crippen molar-refractivity contribution < 1.29 is 0 Å². The van der Waals surface area contributed by atoms with Gasteiger partial charge >= 0.3 is 0 Å². The summed E-state index contributed by atoms with van der Waals surface area (Å²) in [6, 6.07) is 6.48. The van der Waals surface area contributed by atoms with Crippen LogP contribution in [0.1, 0.15) is 18.4 Å². The highest BCUT2D eigenvalue weighted by molar-refractivity contribution is 7.98. The van der Waals surface area contributed by atoms with Crippen molar-refractivity contribution in [3.05, 3.63) is 23.8 Å². The fraction of sp³-hybridized carbons (Fsp3) is 0.600. The maximum absolute atomic E-state index is 5.93. The average molecular weight is 279 g/mol. The molecule has 0 unspecified atom stereocenters. The Morgan fingerprint density at radius 3 is 2.68 bits per heavy atom. The zero-order valence-corrected chi connectivity index (χ0v) is 12.9. The minimum atomic E-state index is 0.612. The third kappa shape index (κ3) is 3.65. The van der Waals surface area contributed by atoms with Gasteiger partial charge in [0.15, 0.2) is 0 Å². The van der Waals surface area contributed by atoms with E-state index in [-0.39, 0.29) is 0 Å². The van der Waals surface area contributed by atoms with Crippen molar-refractivity contribution in [3.8, 4) is 0 Å². The van der Waals surface area contributed by atoms with Gasteiger partial charge in [-0.3, -0.25) is 0 Å². The number of nitrogens with two attached hydrogens (primary N) is 1. The van der Waals surface area contributed by atoms with E-state index < -0.39 is 0 Å². The molecule has 3 nitrogen and oxygen atoms in total. The van der Waals surface area contributed by atoms with Crippen LogP contribution >= 0.6 is 11.8 Å². The second-order valence-corrected chi connectivity index (χ2v) is 5.98. The van der Waals surface area contributed by atoms with E-state index in [1.807, 2.05) is 0 Å². The second-order valence-electron chi connectivity index (χ2n) is 5.13. The standard InChI is InChI=1S/C15H25N3S/c1-17(10-11-18-8-3-4-9-18)14-6-5-7-15(19-2)13(14)12-16/h5-7H,3-4,8-12,16H2,1-2H3. The maximum Gasteiger partial charge on any atom is 0.0420 e. The number of benzene rings is 1. The van der Waals surface area contributed by atoms with Crippen LogP contribution in [0.15, 0.2) is 23.1 Å². The zero-order valence-electron chi connectivity index (χ0n) is 12.1. The summed E-state index contributed by atoms with van der Waals surface area (Å²) in [5.74, 6) is 0. The first-order valence-corrected chi connectivity index (χ1v) is 8.28. The van der Waals surface area contributed by atoms with Crippen molar-refractivity contribution in [1.29, 1.82) is 0 Å². The summed E-state index contributed by atoms with van der Waals surface area (Å²) in [7, 11) is 2.18. The highest BCUT2D eigenvalue weighted by Crippen LogP contribution is 2.28. The molecule has 106 valence electrons. The normalized spacial score (nSPS) is 15.9. The summed E-state index contributed by atoms with van der Waals surface area (Å²) >= 11 is 1.78. The fourth-order valence-electron chi connectivity index (χ4n) is 2.73. The quantitative estimate of drug-likeness (QED) is 0.811. The number of rotatable bonds is 6. The van der Waals surface area contributed by atoms with E-state index in [9.17, 15) is 0 Å². The molecule has 0 radical (unpaired) electrons. The predicted octanol–water partition coefficient (Wildman–Crippen LogP) is 2.40. The Morgan fingerprint density at radius 2 is 2.05 bits per heavy atom. The van der Waals surface area contributed by atoms with Crippen molar-refractivity contribution in [2.75, 3.05) is 44.4 Å². The number of hydrogen-bond donors (Lipinski definition) is 1. The Hall–Kier alpha value is -0.710. The summed E-state index contributed by atoms with van der Waals surface area (Å²) < 4.78 is 0. The Morgan fingerprint density at radius 1 is 1.32 bits per heavy atom. The van der Waals surface area contributed by atoms with Gasteiger partial charge in [-0.25, -0.2) is 0 Å². The average Bonchev–Trinajstić information content (AvgIpc) is 2.97. The van der Waals surface area contributed by atoms with Gasteiger partial charge in [-0.2, -0.15) is 0 Å². The topological polar surface area (TPSA) is 32.5 Å². The molecule has 2 N–H and O–H groups in total. The minimum absolute atomic E-state index is 0.612. The van der Waals surface area contributed by atoms with Gasteiger partial charge in [0.05, 0.1) is 0 Å². The van der Waals surface area contributed by atoms with E-state index in [0.29, 0.717) is 6.54 Å². The molecule has 4 heteroatoms. The van der Waals surface area contributed by atoms with Gasteiger partial charge in [-0.05, 0) is 44.3 Å². The van der Waals surface area contributed by atoms with Crippen LogP contribution in [0, 0.1) is 0 Å². The molecule has 1 aromatic carbocycles. The minimum Gasteiger partial charge on any atom is -0.373 e. The summed E-state index contributed by atoms with van der Waals surface area (Å²) in [6.45, 7) is 5.38. The molecule has 1 fully saturated rings. The van der Waals surface area contributed by atoms with Crippen LogP contribution in [0.4, 0.5) is 5.69 Å². The van der Waals surface area contributed by atoms with Crippen LogP contribution in [-0.2, 0) is 6.54 Å². The van der Waals surface area contributed by atoms with Crippen LogP contribution in [0.2, 0.25) is 0 Å². The summed E-state index contributed by atoms with van der Waals surface area (Å²) in [6.07, 6.45) is 4.84. The lowest BCUT2D eigenvalue weighted by Gasteiger charge is -2.26. The Balaban J connectivity index is 2.02. The van der Waals surface area contributed by atoms with Crippen molar-refractivity contribution in [1.82, 2.24) is 4.90 Å². The van der Waals surface area contributed by atoms with Gasteiger partial charge in [0.2, 0.25) is 0 Å². The van der Waals surface area contributed by atoms with Crippen LogP contribution in [0.5, 0.6) is 0 Å². The van der Waals surface area contributed by atoms with Gasteiger partial charge in [-0.15, -0.1) is 11.8 Å². The number of likely N-dealkylation sites (tertiary alicyclic amines) is 1. The molecular formula is C15H25N3S. The summed E-state index contributed by atoms with van der Waals surface area (Å²) in [5.41, 5.74) is 8.50. The lowest BCUT2D eigenvalue weighted by molar-refractivity contribution is 0.346. The molecule has 0 atom stereocenters. The largest absolute Gasteiger partial charge is 0.373 e. The monoisotopic (exact) mass is 279 g/mol. The first-order valence-electron chi connectivity index (χ1n) is 7.05. The molecule has 1 aromatic rings. The molecule has 19 heavy (non-hydrogen) atoms. The van der Waals surface area contributed by atoms with Gasteiger partial charge in [-0.1, -0.05) is 6.07 Å². The predicted molar refractivity (Wildman–Crippen MR) is 85.1 cm³/mol. The van der Waals surface area contributed by atoms with Gasteiger partial charge < -0.3 is 15.5 Å². The van der Waals surface area contributed by atoms with Crippen molar-refractivity contribution in [2.45, 2.75) is 24.3 Å². The molecule has 1 aliphatic heterocycles. The SMILES string of the molecule is CSc1cccc(N(C)CCN2CCCC2)c1CN. The lowest BCUT2D eigenvalue weighted by atomic mass is 10.1. The molecular weight excluding hydrogens is 254 g/mol. The Kier molecular flexibility index (Phi) is 5.55. The van der Waals surface area contributed by atoms with Crippen LogP contribution in [-0.4, -0.2) is 44.4 Å². The molecule has 0 aromatic heterocycles. The molecule has 1 heterocycles. The highest BCUT2D eigenvalue weighted by atomic mass is 32.2. The number of nitrogens with zero attached hydrogens (tertiary/aromatic N) is 2. The van der Waals surface area contributed by atoms with E-state index in [4.69, 9.17) is 5.73 Å². The summed E-state index contributed by atoms with van der Waals surface area (Å²) in [4.78, 5) is 6.20. The van der Waals surface area contributed by atoms with Crippen molar-refractivity contribution >= 4 is 17.4 Å². The molecule has 1 saturated heterocycles. The number of thioether (sulfide) groups is 1. The fourth-order valence-corrected chi connectivity index (χ4v) is 3.38. The van der Waals surface area contributed by atoms with E-state index in [1.54, 1.807) is 11.8 Å². The summed E-state index contributed by atoms with van der Waals surface area (Å²) in [5, 5.41) is 0. The molecule has 0 bridgehead atoms. The van der Waals surface area contributed by atoms with Gasteiger partial charge in [0.25, 0.3) is 0 Å². The molecule has 0 amide bonds. The third-order valence-electron chi connectivity index (χ3n) is 3.89. The van der Waals surface area contributed by atoms with Crippen molar-refractivity contribution in [3.63, 3.8) is 0 Å².